The van der Waals surface area contributed by atoms with Crippen molar-refractivity contribution in [3.8, 4) is 0 Å². The number of fused-ring (bicyclic) bond motifs is 1. The van der Waals surface area contributed by atoms with Crippen molar-refractivity contribution in [3.63, 3.8) is 0 Å². The molecule has 1 saturated heterocycles. The van der Waals surface area contributed by atoms with Gasteiger partial charge in [-0.2, -0.15) is 5.10 Å². The fraction of sp³-hybridized carbons (Fsp3) is 0.467. The number of aromatic nitrogens is 2. The lowest BCUT2D eigenvalue weighted by Gasteiger charge is -2.22. The van der Waals surface area contributed by atoms with Crippen molar-refractivity contribution in [1.29, 1.82) is 0 Å². The molecule has 1 aliphatic rings. The van der Waals surface area contributed by atoms with Crippen LogP contribution < -0.4 is 5.32 Å². The number of rotatable bonds is 3. The minimum absolute atomic E-state index is 0.676. The third-order valence-corrected chi connectivity index (χ3v) is 3.77. The first-order valence-corrected chi connectivity index (χ1v) is 6.88. The summed E-state index contributed by atoms with van der Waals surface area (Å²) in [7, 11) is 0. The van der Waals surface area contributed by atoms with E-state index in [9.17, 15) is 0 Å². The lowest BCUT2D eigenvalue weighted by atomic mass is 10.0. The molecule has 4 nitrogen and oxygen atoms in total. The molecule has 2 aromatic rings. The van der Waals surface area contributed by atoms with Crippen LogP contribution in [-0.2, 0) is 4.74 Å². The van der Waals surface area contributed by atoms with E-state index in [1.54, 1.807) is 0 Å². The highest BCUT2D eigenvalue weighted by Crippen LogP contribution is 2.23. The number of benzene rings is 1. The maximum atomic E-state index is 5.38. The van der Waals surface area contributed by atoms with Crippen LogP contribution in [0.15, 0.2) is 24.3 Å². The van der Waals surface area contributed by atoms with Gasteiger partial charge in [-0.3, -0.25) is 0 Å². The number of nitrogens with zero attached hydrogens (tertiary/aromatic N) is 2. The van der Waals surface area contributed by atoms with Crippen LogP contribution in [0.3, 0.4) is 0 Å². The maximum absolute atomic E-state index is 5.38. The van der Waals surface area contributed by atoms with Gasteiger partial charge in [-0.25, -0.2) is 0 Å². The van der Waals surface area contributed by atoms with Crippen LogP contribution in [0.1, 0.15) is 18.5 Å². The highest BCUT2D eigenvalue weighted by molar-refractivity contribution is 5.92. The van der Waals surface area contributed by atoms with Crippen LogP contribution in [0.2, 0.25) is 0 Å². The number of anilines is 1. The van der Waals surface area contributed by atoms with Crippen LogP contribution in [0, 0.1) is 12.8 Å². The van der Waals surface area contributed by atoms with Crippen LogP contribution >= 0.6 is 0 Å². The van der Waals surface area contributed by atoms with Gasteiger partial charge in [0.1, 0.15) is 0 Å². The van der Waals surface area contributed by atoms with E-state index in [-0.39, 0.29) is 0 Å². The SMILES string of the molecule is Cc1nnc(NCC2CCOCC2)c2ccccc12. The smallest absolute Gasteiger partial charge is 0.156 e. The molecule has 0 bridgehead atoms. The average Bonchev–Trinajstić information content (AvgIpc) is 2.48. The Balaban J connectivity index is 1.79. The summed E-state index contributed by atoms with van der Waals surface area (Å²) in [6.45, 7) is 4.71. The quantitative estimate of drug-likeness (QED) is 0.918. The van der Waals surface area contributed by atoms with Crippen molar-refractivity contribution >= 4 is 16.6 Å². The molecule has 0 atom stereocenters. The highest BCUT2D eigenvalue weighted by Gasteiger charge is 2.14. The molecule has 1 aromatic carbocycles. The standard InChI is InChI=1S/C15H19N3O/c1-11-13-4-2-3-5-14(13)15(18-17-11)16-10-12-6-8-19-9-7-12/h2-5,12H,6-10H2,1H3,(H,16,18). The van der Waals surface area contributed by atoms with Crippen LogP contribution in [0.4, 0.5) is 5.82 Å². The second-order valence-corrected chi connectivity index (χ2v) is 5.12. The Morgan fingerprint density at radius 1 is 1.16 bits per heavy atom. The molecule has 3 rings (SSSR count). The zero-order valence-corrected chi connectivity index (χ0v) is 11.2. The normalized spacial score (nSPS) is 16.7. The Hall–Kier alpha value is -1.68. The van der Waals surface area contributed by atoms with Gasteiger partial charge in [-0.1, -0.05) is 24.3 Å². The molecule has 100 valence electrons. The van der Waals surface area contributed by atoms with Gasteiger partial charge < -0.3 is 10.1 Å². The lowest BCUT2D eigenvalue weighted by Crippen LogP contribution is -2.23. The molecule has 0 spiro atoms. The molecule has 0 radical (unpaired) electrons. The second kappa shape index (κ2) is 5.53. The van der Waals surface area contributed by atoms with Gasteiger partial charge in [-0.15, -0.1) is 5.10 Å². The molecule has 1 fully saturated rings. The van der Waals surface area contributed by atoms with Crippen molar-refractivity contribution in [2.45, 2.75) is 19.8 Å². The first-order chi connectivity index (χ1) is 9.34. The fourth-order valence-electron chi connectivity index (χ4n) is 2.56. The van der Waals surface area contributed by atoms with Gasteiger partial charge in [0.15, 0.2) is 5.82 Å². The monoisotopic (exact) mass is 257 g/mol. The Morgan fingerprint density at radius 3 is 2.68 bits per heavy atom. The van der Waals surface area contributed by atoms with E-state index in [2.05, 4.69) is 27.6 Å². The molecule has 0 amide bonds. The Kier molecular flexibility index (Phi) is 3.60. The largest absolute Gasteiger partial charge is 0.381 e. The minimum atomic E-state index is 0.676. The predicted octanol–water partition coefficient (Wildman–Crippen LogP) is 2.78. The fourth-order valence-corrected chi connectivity index (χ4v) is 2.56. The number of nitrogens with one attached hydrogen (secondary N) is 1. The molecule has 1 aromatic heterocycles. The molecule has 19 heavy (non-hydrogen) atoms. The first kappa shape index (κ1) is 12.4. The molecule has 1 N–H and O–H groups in total. The highest BCUT2D eigenvalue weighted by atomic mass is 16.5. The molecule has 0 saturated carbocycles. The van der Waals surface area contributed by atoms with Crippen LogP contribution in [0.5, 0.6) is 0 Å². The number of hydrogen-bond donors (Lipinski definition) is 1. The third kappa shape index (κ3) is 2.68. The average molecular weight is 257 g/mol. The van der Waals surface area contributed by atoms with E-state index in [4.69, 9.17) is 4.74 Å². The zero-order valence-electron chi connectivity index (χ0n) is 11.2. The molecular formula is C15H19N3O. The Morgan fingerprint density at radius 2 is 1.89 bits per heavy atom. The van der Waals surface area contributed by atoms with E-state index in [0.29, 0.717) is 5.92 Å². The van der Waals surface area contributed by atoms with E-state index < -0.39 is 0 Å². The Bertz CT molecular complexity index is 564. The van der Waals surface area contributed by atoms with Crippen molar-refractivity contribution < 1.29 is 4.74 Å². The second-order valence-electron chi connectivity index (χ2n) is 5.12. The van der Waals surface area contributed by atoms with E-state index in [1.165, 1.54) is 5.39 Å². The minimum Gasteiger partial charge on any atom is -0.381 e. The van der Waals surface area contributed by atoms with Crippen molar-refractivity contribution in [1.82, 2.24) is 10.2 Å². The summed E-state index contributed by atoms with van der Waals surface area (Å²) in [5, 5.41) is 14.3. The topological polar surface area (TPSA) is 47.0 Å². The third-order valence-electron chi connectivity index (χ3n) is 3.77. The van der Waals surface area contributed by atoms with Gasteiger partial charge in [-0.05, 0) is 25.7 Å². The summed E-state index contributed by atoms with van der Waals surface area (Å²) >= 11 is 0. The van der Waals surface area contributed by atoms with Gasteiger partial charge in [0, 0.05) is 30.5 Å². The summed E-state index contributed by atoms with van der Waals surface area (Å²) in [5.41, 5.74) is 0.979. The summed E-state index contributed by atoms with van der Waals surface area (Å²) in [6.07, 6.45) is 2.26. The summed E-state index contributed by atoms with van der Waals surface area (Å²) in [5.74, 6) is 1.57. The van der Waals surface area contributed by atoms with Crippen molar-refractivity contribution in [2.75, 3.05) is 25.1 Å². The molecular weight excluding hydrogens is 238 g/mol. The van der Waals surface area contributed by atoms with E-state index in [0.717, 1.165) is 49.5 Å². The van der Waals surface area contributed by atoms with E-state index in [1.807, 2.05) is 19.1 Å². The maximum Gasteiger partial charge on any atom is 0.156 e. The van der Waals surface area contributed by atoms with Crippen molar-refractivity contribution in [2.24, 2.45) is 5.92 Å². The number of hydrogen-bond acceptors (Lipinski definition) is 4. The van der Waals surface area contributed by atoms with Gasteiger partial charge >= 0.3 is 0 Å². The summed E-state index contributed by atoms with van der Waals surface area (Å²) < 4.78 is 5.38. The van der Waals surface area contributed by atoms with Crippen LogP contribution in [-0.4, -0.2) is 30.0 Å². The molecule has 0 aliphatic carbocycles. The summed E-state index contributed by atoms with van der Waals surface area (Å²) in [6, 6.07) is 8.28. The molecule has 1 aliphatic heterocycles. The van der Waals surface area contributed by atoms with Crippen molar-refractivity contribution in [3.05, 3.63) is 30.0 Å². The van der Waals surface area contributed by atoms with E-state index >= 15 is 0 Å². The number of ether oxygens (including phenoxy) is 1. The van der Waals surface area contributed by atoms with Crippen LogP contribution in [0.25, 0.3) is 10.8 Å². The number of aryl methyl sites for hydroxylation is 1. The Labute approximate surface area is 113 Å². The zero-order chi connectivity index (χ0) is 13.1. The molecule has 0 unspecified atom stereocenters. The molecule has 4 heteroatoms. The molecule has 2 heterocycles. The van der Waals surface area contributed by atoms with Gasteiger partial charge in [0.25, 0.3) is 0 Å². The summed E-state index contributed by atoms with van der Waals surface area (Å²) in [4.78, 5) is 0. The predicted molar refractivity (Wildman–Crippen MR) is 76.3 cm³/mol. The van der Waals surface area contributed by atoms with Gasteiger partial charge in [0.2, 0.25) is 0 Å². The lowest BCUT2D eigenvalue weighted by molar-refractivity contribution is 0.0699. The van der Waals surface area contributed by atoms with Gasteiger partial charge in [0.05, 0.1) is 5.69 Å². The first-order valence-electron chi connectivity index (χ1n) is 6.88.